The van der Waals surface area contributed by atoms with Crippen LogP contribution in [0.5, 0.6) is 0 Å². The summed E-state index contributed by atoms with van der Waals surface area (Å²) in [5.74, 6) is 1.38. The third-order valence-electron chi connectivity index (χ3n) is 2.77. The number of nitrogens with zero attached hydrogens (tertiary/aromatic N) is 1. The second-order valence-corrected chi connectivity index (χ2v) is 4.66. The van der Waals surface area contributed by atoms with Crippen molar-refractivity contribution in [3.05, 3.63) is 40.9 Å². The van der Waals surface area contributed by atoms with Gasteiger partial charge < -0.3 is 14.5 Å². The largest absolute Gasteiger partial charge is 0.439 e. The summed E-state index contributed by atoms with van der Waals surface area (Å²) in [6.45, 7) is 3.99. The molecule has 1 aromatic carbocycles. The van der Waals surface area contributed by atoms with Crippen LogP contribution in [0.15, 0.2) is 28.8 Å². The molecule has 0 aliphatic carbocycles. The number of halogens is 1. The van der Waals surface area contributed by atoms with Gasteiger partial charge in [0.25, 0.3) is 0 Å². The average Bonchev–Trinajstić information content (AvgIpc) is 2.87. The molecule has 0 fully saturated rings. The number of ether oxygens (including phenoxy) is 1. The van der Waals surface area contributed by atoms with Gasteiger partial charge in [0.15, 0.2) is 5.76 Å². The summed E-state index contributed by atoms with van der Waals surface area (Å²) in [7, 11) is 1.67. The average molecular weight is 281 g/mol. The van der Waals surface area contributed by atoms with Crippen LogP contribution in [0, 0.1) is 6.92 Å². The standard InChI is InChI=1S/C14H17ClN2O2/c1-10-3-4-11(7-12(10)15)13-8-17-14(19-13)9-16-5-6-18-2/h3-4,7-8,16H,5-6,9H2,1-2H3. The Morgan fingerprint density at radius 1 is 1.42 bits per heavy atom. The molecule has 0 saturated carbocycles. The molecule has 0 aliphatic heterocycles. The second-order valence-electron chi connectivity index (χ2n) is 4.25. The first kappa shape index (κ1) is 14.1. The third-order valence-corrected chi connectivity index (χ3v) is 3.18. The lowest BCUT2D eigenvalue weighted by molar-refractivity contribution is 0.198. The molecule has 2 rings (SSSR count). The lowest BCUT2D eigenvalue weighted by Gasteiger charge is -2.01. The maximum absolute atomic E-state index is 6.10. The molecule has 0 bridgehead atoms. The topological polar surface area (TPSA) is 47.3 Å². The fraction of sp³-hybridized carbons (Fsp3) is 0.357. The van der Waals surface area contributed by atoms with E-state index in [1.807, 2.05) is 25.1 Å². The minimum absolute atomic E-state index is 0.586. The molecule has 1 heterocycles. The summed E-state index contributed by atoms with van der Waals surface area (Å²) in [5, 5.41) is 3.91. The van der Waals surface area contributed by atoms with E-state index in [1.54, 1.807) is 13.3 Å². The summed E-state index contributed by atoms with van der Waals surface area (Å²) in [6, 6.07) is 5.83. The first-order valence-electron chi connectivity index (χ1n) is 6.11. The zero-order valence-corrected chi connectivity index (χ0v) is 11.8. The predicted octanol–water partition coefficient (Wildman–Crippen LogP) is 3.04. The number of oxazole rings is 1. The summed E-state index contributed by atoms with van der Waals surface area (Å²) >= 11 is 6.10. The first-order valence-corrected chi connectivity index (χ1v) is 6.49. The SMILES string of the molecule is COCCNCc1ncc(-c2ccc(C)c(Cl)c2)o1. The van der Waals surface area contributed by atoms with E-state index in [1.165, 1.54) is 0 Å². The molecule has 102 valence electrons. The molecule has 1 aromatic heterocycles. The van der Waals surface area contributed by atoms with Crippen molar-refractivity contribution >= 4 is 11.6 Å². The van der Waals surface area contributed by atoms with Crippen LogP contribution in [0.1, 0.15) is 11.5 Å². The lowest BCUT2D eigenvalue weighted by Crippen LogP contribution is -2.18. The fourth-order valence-electron chi connectivity index (χ4n) is 1.64. The van der Waals surface area contributed by atoms with Crippen LogP contribution in [0.4, 0.5) is 0 Å². The third kappa shape index (κ3) is 3.80. The summed E-state index contributed by atoms with van der Waals surface area (Å²) in [5.41, 5.74) is 1.98. The van der Waals surface area contributed by atoms with Crippen molar-refractivity contribution in [3.63, 3.8) is 0 Å². The maximum atomic E-state index is 6.10. The van der Waals surface area contributed by atoms with Gasteiger partial charge in [0.2, 0.25) is 5.89 Å². The molecule has 1 N–H and O–H groups in total. The number of aryl methyl sites for hydroxylation is 1. The van der Waals surface area contributed by atoms with Crippen molar-refractivity contribution in [1.29, 1.82) is 0 Å². The molecule has 2 aromatic rings. The number of benzene rings is 1. The van der Waals surface area contributed by atoms with E-state index in [0.717, 1.165) is 28.5 Å². The smallest absolute Gasteiger partial charge is 0.208 e. The molecular formula is C14H17ClN2O2. The monoisotopic (exact) mass is 280 g/mol. The van der Waals surface area contributed by atoms with E-state index >= 15 is 0 Å². The molecule has 19 heavy (non-hydrogen) atoms. The van der Waals surface area contributed by atoms with Gasteiger partial charge in [0.05, 0.1) is 19.3 Å². The zero-order valence-electron chi connectivity index (χ0n) is 11.1. The van der Waals surface area contributed by atoms with Crippen molar-refractivity contribution in [1.82, 2.24) is 10.3 Å². The number of rotatable bonds is 6. The van der Waals surface area contributed by atoms with Crippen molar-refractivity contribution in [2.24, 2.45) is 0 Å². The van der Waals surface area contributed by atoms with Crippen LogP contribution < -0.4 is 5.32 Å². The minimum atomic E-state index is 0.586. The molecule has 0 spiro atoms. The predicted molar refractivity (Wildman–Crippen MR) is 75.3 cm³/mol. The van der Waals surface area contributed by atoms with E-state index in [-0.39, 0.29) is 0 Å². The Bertz CT molecular complexity index is 540. The Balaban J connectivity index is 2.01. The normalized spacial score (nSPS) is 10.9. The summed E-state index contributed by atoms with van der Waals surface area (Å²) < 4.78 is 10.6. The Hall–Kier alpha value is -1.36. The highest BCUT2D eigenvalue weighted by molar-refractivity contribution is 6.31. The van der Waals surface area contributed by atoms with Gasteiger partial charge in [0.1, 0.15) is 0 Å². The second kappa shape index (κ2) is 6.70. The van der Waals surface area contributed by atoms with E-state index in [0.29, 0.717) is 19.0 Å². The van der Waals surface area contributed by atoms with Crippen LogP contribution in [-0.2, 0) is 11.3 Å². The molecule has 0 aliphatic rings. The number of aromatic nitrogens is 1. The van der Waals surface area contributed by atoms with E-state index in [2.05, 4.69) is 10.3 Å². The minimum Gasteiger partial charge on any atom is -0.439 e. The Labute approximate surface area is 117 Å². The lowest BCUT2D eigenvalue weighted by atomic mass is 10.1. The number of hydrogen-bond donors (Lipinski definition) is 1. The van der Waals surface area contributed by atoms with Crippen molar-refractivity contribution in [2.45, 2.75) is 13.5 Å². The highest BCUT2D eigenvalue weighted by Gasteiger charge is 2.07. The van der Waals surface area contributed by atoms with Crippen LogP contribution >= 0.6 is 11.6 Å². The maximum Gasteiger partial charge on any atom is 0.208 e. The van der Waals surface area contributed by atoms with E-state index < -0.39 is 0 Å². The van der Waals surface area contributed by atoms with Crippen molar-refractivity contribution in [3.8, 4) is 11.3 Å². The van der Waals surface area contributed by atoms with E-state index in [4.69, 9.17) is 20.8 Å². The van der Waals surface area contributed by atoms with Gasteiger partial charge in [-0.3, -0.25) is 0 Å². The number of methoxy groups -OCH3 is 1. The molecule has 0 amide bonds. The van der Waals surface area contributed by atoms with Crippen LogP contribution in [0.2, 0.25) is 5.02 Å². The van der Waals surface area contributed by atoms with Crippen LogP contribution in [-0.4, -0.2) is 25.2 Å². The Kier molecular flexibility index (Phi) is 4.96. The zero-order chi connectivity index (χ0) is 13.7. The molecule has 0 atom stereocenters. The number of nitrogens with one attached hydrogen (secondary N) is 1. The van der Waals surface area contributed by atoms with Gasteiger partial charge in [-0.05, 0) is 18.6 Å². The van der Waals surface area contributed by atoms with Gasteiger partial charge in [0, 0.05) is 24.2 Å². The number of hydrogen-bond acceptors (Lipinski definition) is 4. The van der Waals surface area contributed by atoms with Gasteiger partial charge in [-0.2, -0.15) is 0 Å². The molecular weight excluding hydrogens is 264 g/mol. The molecule has 0 unspecified atom stereocenters. The molecule has 5 heteroatoms. The molecule has 4 nitrogen and oxygen atoms in total. The van der Waals surface area contributed by atoms with Gasteiger partial charge in [-0.25, -0.2) is 4.98 Å². The molecule has 0 saturated heterocycles. The summed E-state index contributed by atoms with van der Waals surface area (Å²) in [6.07, 6.45) is 1.72. The van der Waals surface area contributed by atoms with Crippen molar-refractivity contribution in [2.75, 3.05) is 20.3 Å². The highest BCUT2D eigenvalue weighted by Crippen LogP contribution is 2.25. The quantitative estimate of drug-likeness (QED) is 0.826. The summed E-state index contributed by atoms with van der Waals surface area (Å²) in [4.78, 5) is 4.23. The van der Waals surface area contributed by atoms with Crippen LogP contribution in [0.3, 0.4) is 0 Å². The van der Waals surface area contributed by atoms with Crippen LogP contribution in [0.25, 0.3) is 11.3 Å². The Morgan fingerprint density at radius 3 is 3.00 bits per heavy atom. The Morgan fingerprint density at radius 2 is 2.26 bits per heavy atom. The van der Waals surface area contributed by atoms with Gasteiger partial charge >= 0.3 is 0 Å². The first-order chi connectivity index (χ1) is 9.20. The molecule has 0 radical (unpaired) electrons. The van der Waals surface area contributed by atoms with E-state index in [9.17, 15) is 0 Å². The fourth-order valence-corrected chi connectivity index (χ4v) is 1.82. The van der Waals surface area contributed by atoms with Crippen molar-refractivity contribution < 1.29 is 9.15 Å². The highest BCUT2D eigenvalue weighted by atomic mass is 35.5. The van der Waals surface area contributed by atoms with Gasteiger partial charge in [-0.1, -0.05) is 23.7 Å². The van der Waals surface area contributed by atoms with Gasteiger partial charge in [-0.15, -0.1) is 0 Å².